The molecule has 24 heavy (non-hydrogen) atoms. The highest BCUT2D eigenvalue weighted by Gasteiger charge is 2.17. The van der Waals surface area contributed by atoms with Crippen LogP contribution in [0.5, 0.6) is 0 Å². The Kier molecular flexibility index (Phi) is 4.48. The smallest absolute Gasteiger partial charge is 0.283 e. The number of nitro benzene ring substituents is 1. The van der Waals surface area contributed by atoms with Crippen molar-refractivity contribution in [2.75, 3.05) is 11.6 Å². The molecule has 0 atom stereocenters. The minimum absolute atomic E-state index is 0.0614. The first kappa shape index (κ1) is 16.0. The second-order valence-electron chi connectivity index (χ2n) is 5.16. The summed E-state index contributed by atoms with van der Waals surface area (Å²) in [5, 5.41) is 16.0. The van der Waals surface area contributed by atoms with E-state index in [0.29, 0.717) is 10.6 Å². The summed E-state index contributed by atoms with van der Waals surface area (Å²) >= 11 is 1.28. The molecule has 0 bridgehead atoms. The van der Waals surface area contributed by atoms with Crippen LogP contribution in [-0.2, 0) is 0 Å². The quantitative estimate of drug-likeness (QED) is 0.424. The molecular weight excluding hydrogens is 324 g/mol. The molecule has 3 aromatic carbocycles. The summed E-state index contributed by atoms with van der Waals surface area (Å²) in [4.78, 5) is 23.6. The van der Waals surface area contributed by atoms with Crippen LogP contribution in [0.15, 0.2) is 65.6 Å². The van der Waals surface area contributed by atoms with Gasteiger partial charge in [-0.05, 0) is 41.3 Å². The van der Waals surface area contributed by atoms with Crippen molar-refractivity contribution in [2.24, 2.45) is 0 Å². The van der Waals surface area contributed by atoms with Crippen LogP contribution in [0, 0.1) is 10.1 Å². The van der Waals surface area contributed by atoms with Gasteiger partial charge in [-0.2, -0.15) is 0 Å². The zero-order valence-electron chi connectivity index (χ0n) is 12.9. The topological polar surface area (TPSA) is 72.2 Å². The van der Waals surface area contributed by atoms with Crippen LogP contribution in [0.3, 0.4) is 0 Å². The molecule has 6 heteroatoms. The second kappa shape index (κ2) is 6.72. The van der Waals surface area contributed by atoms with Gasteiger partial charge in [0.05, 0.1) is 9.82 Å². The first-order valence-corrected chi connectivity index (χ1v) is 8.43. The van der Waals surface area contributed by atoms with Crippen molar-refractivity contribution in [1.29, 1.82) is 0 Å². The zero-order chi connectivity index (χ0) is 17.1. The lowest BCUT2D eigenvalue weighted by Gasteiger charge is -2.07. The average Bonchev–Trinajstić information content (AvgIpc) is 2.61. The van der Waals surface area contributed by atoms with E-state index in [4.69, 9.17) is 0 Å². The maximum atomic E-state index is 12.4. The third-order valence-corrected chi connectivity index (χ3v) is 4.43. The summed E-state index contributed by atoms with van der Waals surface area (Å²) in [5.41, 5.74) is 0.844. The lowest BCUT2D eigenvalue weighted by Crippen LogP contribution is -2.12. The van der Waals surface area contributed by atoms with Crippen molar-refractivity contribution in [3.05, 3.63) is 76.3 Å². The van der Waals surface area contributed by atoms with E-state index in [1.54, 1.807) is 18.4 Å². The number of rotatable bonds is 4. The van der Waals surface area contributed by atoms with Crippen LogP contribution in [0.25, 0.3) is 10.8 Å². The molecule has 0 aliphatic rings. The predicted molar refractivity (Wildman–Crippen MR) is 96.8 cm³/mol. The highest BCUT2D eigenvalue weighted by Crippen LogP contribution is 2.28. The summed E-state index contributed by atoms with van der Waals surface area (Å²) < 4.78 is 0. The van der Waals surface area contributed by atoms with Gasteiger partial charge >= 0.3 is 0 Å². The molecule has 0 saturated carbocycles. The van der Waals surface area contributed by atoms with Gasteiger partial charge < -0.3 is 5.32 Å². The number of nitro groups is 1. The number of fused-ring (bicyclic) bond motifs is 1. The lowest BCUT2D eigenvalue weighted by atomic mass is 10.1. The van der Waals surface area contributed by atoms with E-state index < -0.39 is 4.92 Å². The SMILES string of the molecule is CSc1ccc(C(=O)Nc2ccc3ccccc3c2)cc1[N+](=O)[O-]. The Hall–Kier alpha value is -2.86. The van der Waals surface area contributed by atoms with Gasteiger partial charge in [0.15, 0.2) is 0 Å². The lowest BCUT2D eigenvalue weighted by molar-refractivity contribution is -0.387. The zero-order valence-corrected chi connectivity index (χ0v) is 13.7. The molecule has 0 aliphatic heterocycles. The van der Waals surface area contributed by atoms with Gasteiger partial charge in [-0.3, -0.25) is 14.9 Å². The minimum Gasteiger partial charge on any atom is -0.322 e. The Labute approximate surface area is 142 Å². The molecule has 0 unspecified atom stereocenters. The van der Waals surface area contributed by atoms with E-state index in [9.17, 15) is 14.9 Å². The number of nitrogens with one attached hydrogen (secondary N) is 1. The molecule has 3 rings (SSSR count). The molecule has 120 valence electrons. The summed E-state index contributed by atoms with van der Waals surface area (Å²) in [6.07, 6.45) is 1.76. The largest absolute Gasteiger partial charge is 0.322 e. The van der Waals surface area contributed by atoms with Gasteiger partial charge in [0.1, 0.15) is 0 Å². The third kappa shape index (κ3) is 3.23. The molecule has 0 heterocycles. The second-order valence-corrected chi connectivity index (χ2v) is 6.01. The molecular formula is C18H14N2O3S. The predicted octanol–water partition coefficient (Wildman–Crippen LogP) is 4.72. The normalized spacial score (nSPS) is 10.5. The molecule has 0 spiro atoms. The van der Waals surface area contributed by atoms with Crippen LogP contribution in [-0.4, -0.2) is 17.1 Å². The Morgan fingerprint density at radius 3 is 2.50 bits per heavy atom. The molecule has 0 aromatic heterocycles. The molecule has 0 saturated heterocycles. The summed E-state index contributed by atoms with van der Waals surface area (Å²) in [7, 11) is 0. The van der Waals surface area contributed by atoms with Crippen LogP contribution >= 0.6 is 11.8 Å². The number of anilines is 1. The van der Waals surface area contributed by atoms with Gasteiger partial charge in [0, 0.05) is 17.3 Å². The van der Waals surface area contributed by atoms with Gasteiger partial charge in [0.25, 0.3) is 11.6 Å². The molecule has 1 amide bonds. The Morgan fingerprint density at radius 1 is 1.04 bits per heavy atom. The van der Waals surface area contributed by atoms with Crippen molar-refractivity contribution in [2.45, 2.75) is 4.90 Å². The average molecular weight is 338 g/mol. The van der Waals surface area contributed by atoms with Gasteiger partial charge in [-0.1, -0.05) is 30.3 Å². The fourth-order valence-corrected chi connectivity index (χ4v) is 2.99. The number of amides is 1. The molecule has 0 aliphatic carbocycles. The Morgan fingerprint density at radius 2 is 1.79 bits per heavy atom. The van der Waals surface area contributed by atoms with Gasteiger partial charge in [-0.15, -0.1) is 11.8 Å². The van der Waals surface area contributed by atoms with Crippen molar-refractivity contribution >= 4 is 39.8 Å². The summed E-state index contributed by atoms with van der Waals surface area (Å²) in [5.74, 6) is -0.374. The van der Waals surface area contributed by atoms with Crippen molar-refractivity contribution in [1.82, 2.24) is 0 Å². The summed E-state index contributed by atoms with van der Waals surface area (Å²) in [6.45, 7) is 0. The fourth-order valence-electron chi connectivity index (χ4n) is 2.44. The Bertz CT molecular complexity index is 940. The number of benzene rings is 3. The van der Waals surface area contributed by atoms with Crippen LogP contribution in [0.1, 0.15) is 10.4 Å². The number of hydrogen-bond acceptors (Lipinski definition) is 4. The van der Waals surface area contributed by atoms with E-state index in [1.165, 1.54) is 17.8 Å². The standard InChI is InChI=1S/C18H14N2O3S/c1-24-17-9-7-14(11-16(17)20(22)23)18(21)19-15-8-6-12-4-2-3-5-13(12)10-15/h2-11H,1H3,(H,19,21). The van der Waals surface area contributed by atoms with E-state index in [0.717, 1.165) is 10.8 Å². The van der Waals surface area contributed by atoms with Crippen molar-refractivity contribution in [3.63, 3.8) is 0 Å². The first-order valence-electron chi connectivity index (χ1n) is 7.21. The summed E-state index contributed by atoms with van der Waals surface area (Å²) in [6, 6.07) is 17.9. The molecule has 5 nitrogen and oxygen atoms in total. The van der Waals surface area contributed by atoms with Crippen LogP contribution < -0.4 is 5.32 Å². The number of hydrogen-bond donors (Lipinski definition) is 1. The fraction of sp³-hybridized carbons (Fsp3) is 0.0556. The van der Waals surface area contributed by atoms with Crippen molar-refractivity contribution in [3.8, 4) is 0 Å². The van der Waals surface area contributed by atoms with Crippen LogP contribution in [0.2, 0.25) is 0 Å². The maximum Gasteiger partial charge on any atom is 0.283 e. The number of carbonyl (C=O) groups excluding carboxylic acids is 1. The van der Waals surface area contributed by atoms with E-state index in [-0.39, 0.29) is 17.2 Å². The maximum absolute atomic E-state index is 12.4. The molecule has 1 N–H and O–H groups in total. The first-order chi connectivity index (χ1) is 11.6. The van der Waals surface area contributed by atoms with E-state index >= 15 is 0 Å². The molecule has 3 aromatic rings. The molecule has 0 fully saturated rings. The number of carbonyl (C=O) groups is 1. The van der Waals surface area contributed by atoms with Crippen molar-refractivity contribution < 1.29 is 9.72 Å². The highest BCUT2D eigenvalue weighted by atomic mass is 32.2. The van der Waals surface area contributed by atoms with Gasteiger partial charge in [0.2, 0.25) is 0 Å². The highest BCUT2D eigenvalue weighted by molar-refractivity contribution is 7.98. The van der Waals surface area contributed by atoms with E-state index in [2.05, 4.69) is 5.32 Å². The Balaban J connectivity index is 1.88. The number of thioether (sulfide) groups is 1. The minimum atomic E-state index is -0.474. The van der Waals surface area contributed by atoms with Crippen LogP contribution in [0.4, 0.5) is 11.4 Å². The molecule has 0 radical (unpaired) electrons. The van der Waals surface area contributed by atoms with E-state index in [1.807, 2.05) is 42.5 Å². The number of nitrogens with zero attached hydrogens (tertiary/aromatic N) is 1. The third-order valence-electron chi connectivity index (χ3n) is 3.65. The monoisotopic (exact) mass is 338 g/mol. The van der Waals surface area contributed by atoms with Gasteiger partial charge in [-0.25, -0.2) is 0 Å².